The van der Waals surface area contributed by atoms with Crippen LogP contribution in [0.25, 0.3) is 22.3 Å². The van der Waals surface area contributed by atoms with Crippen molar-refractivity contribution in [3.63, 3.8) is 0 Å². The van der Waals surface area contributed by atoms with Gasteiger partial charge >= 0.3 is 226 Å². The minimum absolute atomic E-state index is 0.373. The molecule has 7 rings (SSSR count). The third kappa shape index (κ3) is 3.08. The normalized spacial score (nSPS) is 18.5. The van der Waals surface area contributed by atoms with Crippen molar-refractivity contribution in [1.82, 2.24) is 0 Å². The predicted molar refractivity (Wildman–Crippen MR) is 143 cm³/mol. The van der Waals surface area contributed by atoms with Crippen molar-refractivity contribution in [1.29, 1.82) is 0 Å². The molecule has 0 aromatic heterocycles. The van der Waals surface area contributed by atoms with Gasteiger partial charge in [0, 0.05) is 0 Å². The van der Waals surface area contributed by atoms with Crippen molar-refractivity contribution in [2.45, 2.75) is 14.9 Å². The molecule has 4 aromatic carbocycles. The van der Waals surface area contributed by atoms with E-state index >= 15 is 0 Å². The minimum atomic E-state index is -4.71. The van der Waals surface area contributed by atoms with Gasteiger partial charge in [0.25, 0.3) is 0 Å². The van der Waals surface area contributed by atoms with Crippen LogP contribution >= 0.6 is 0 Å². The van der Waals surface area contributed by atoms with Crippen molar-refractivity contribution in [2.24, 2.45) is 0 Å². The Labute approximate surface area is 225 Å². The topological polar surface area (TPSA) is 52.6 Å². The number of hydrogen-bond acceptors (Lipinski definition) is 4. The molecule has 184 valence electrons. The van der Waals surface area contributed by atoms with Gasteiger partial charge in [-0.05, 0) is 0 Å². The van der Waals surface area contributed by atoms with Gasteiger partial charge in [-0.2, -0.15) is 0 Å². The fourth-order valence-electron chi connectivity index (χ4n) is 6.85. The molecule has 0 fully saturated rings. The number of carbonyl (C=O) groups excluding carboxylic acids is 2. The molecule has 1 heterocycles. The first-order chi connectivity index (χ1) is 18.6. The van der Waals surface area contributed by atoms with Crippen LogP contribution in [0.5, 0.6) is 0 Å². The third-order valence-corrected chi connectivity index (χ3v) is 14.1. The number of rotatable bonds is 4. The average Bonchev–Trinajstić information content (AvgIpc) is 3.47. The van der Waals surface area contributed by atoms with E-state index in [1.165, 1.54) is 12.2 Å². The first kappa shape index (κ1) is 23.2. The van der Waals surface area contributed by atoms with Crippen LogP contribution in [0.4, 0.5) is 0 Å². The monoisotopic (exact) mass is 532 g/mol. The van der Waals surface area contributed by atoms with E-state index in [1.807, 2.05) is 24.3 Å². The molecule has 0 radical (unpaired) electrons. The second-order valence-electron chi connectivity index (χ2n) is 9.95. The van der Waals surface area contributed by atoms with Crippen LogP contribution in [0.15, 0.2) is 110 Å². The fraction of sp³-hybridized carbons (Fsp3) is 0.0909. The third-order valence-electron chi connectivity index (χ3n) is 8.13. The van der Waals surface area contributed by atoms with Gasteiger partial charge in [0.2, 0.25) is 0 Å². The first-order valence-corrected chi connectivity index (χ1v) is 15.8. The quantitative estimate of drug-likeness (QED) is 0.213. The predicted octanol–water partition coefficient (Wildman–Crippen LogP) is 6.87. The Morgan fingerprint density at radius 3 is 1.50 bits per heavy atom. The van der Waals surface area contributed by atoms with Crippen LogP contribution in [0.2, 0.25) is 0 Å². The summed E-state index contributed by atoms with van der Waals surface area (Å²) in [5, 5.41) is 0. The van der Waals surface area contributed by atoms with Gasteiger partial charge in [0.1, 0.15) is 0 Å². The SMILES string of the molecule is C=CC(=O)[O][Ti]1([O]C(=O)C=C)[CH]2c3ccccc3-c3cccc(c32)Cc2cccc3c2[CH]1c1ccccc1-3. The van der Waals surface area contributed by atoms with Gasteiger partial charge in [-0.3, -0.25) is 0 Å². The summed E-state index contributed by atoms with van der Waals surface area (Å²) in [5.41, 5.74) is 11.0. The summed E-state index contributed by atoms with van der Waals surface area (Å²) in [6, 6.07) is 29.2. The maximum atomic E-state index is 13.2. The van der Waals surface area contributed by atoms with Crippen molar-refractivity contribution < 1.29 is 33.6 Å². The number of hydrogen-bond donors (Lipinski definition) is 0. The zero-order chi connectivity index (χ0) is 26.0. The van der Waals surface area contributed by atoms with Crippen LogP contribution in [0.3, 0.4) is 0 Å². The Morgan fingerprint density at radius 1 is 0.632 bits per heavy atom. The Hall–Kier alpha value is -3.99. The van der Waals surface area contributed by atoms with Crippen molar-refractivity contribution >= 4 is 11.9 Å². The Bertz CT molecular complexity index is 1580. The van der Waals surface area contributed by atoms with E-state index in [2.05, 4.69) is 73.8 Å². The van der Waals surface area contributed by atoms with Crippen LogP contribution in [0, 0.1) is 0 Å². The van der Waals surface area contributed by atoms with Crippen molar-refractivity contribution in [3.8, 4) is 22.3 Å². The van der Waals surface area contributed by atoms with Crippen molar-refractivity contribution in [2.75, 3.05) is 0 Å². The van der Waals surface area contributed by atoms with Crippen LogP contribution < -0.4 is 0 Å². The first-order valence-electron chi connectivity index (χ1n) is 12.7. The fourth-order valence-corrected chi connectivity index (χ4v) is 13.9. The average molecular weight is 532 g/mol. The molecule has 1 aliphatic heterocycles. The molecule has 2 aliphatic carbocycles. The Kier molecular flexibility index (Phi) is 5.19. The summed E-state index contributed by atoms with van der Waals surface area (Å²) in [5.74, 6) is -1.15. The van der Waals surface area contributed by atoms with E-state index in [0.29, 0.717) is 0 Å². The molecule has 0 N–H and O–H groups in total. The van der Waals surface area contributed by atoms with Gasteiger partial charge in [-0.25, -0.2) is 0 Å². The molecule has 0 saturated heterocycles. The summed E-state index contributed by atoms with van der Waals surface area (Å²) in [6.07, 6.45) is 3.09. The van der Waals surface area contributed by atoms with Gasteiger partial charge in [-0.15, -0.1) is 0 Å². The van der Waals surface area contributed by atoms with Gasteiger partial charge < -0.3 is 0 Å². The van der Waals surface area contributed by atoms with E-state index in [0.717, 1.165) is 62.1 Å². The summed E-state index contributed by atoms with van der Waals surface area (Å²) < 4.78 is 12.4. The van der Waals surface area contributed by atoms with E-state index in [9.17, 15) is 9.59 Å². The number of fused-ring (bicyclic) bond motifs is 6. The molecule has 2 unspecified atom stereocenters. The van der Waals surface area contributed by atoms with Gasteiger partial charge in [0.15, 0.2) is 0 Å². The van der Waals surface area contributed by atoms with Gasteiger partial charge in [0.05, 0.1) is 0 Å². The molecule has 4 aromatic rings. The molecule has 0 amide bonds. The molecular formula is C33H24O4Ti. The Balaban J connectivity index is 1.67. The molecule has 5 heteroatoms. The standard InChI is InChI=1S/C27H18.2C3H4O2.Ti/c1-3-11-22-20(7-1)16-26-18(9-5-13-24(22)26)15-19-10-6-14-25-23-12-4-2-8-21(23)17-27(19)25;2*1-2-3(4)5;/h1-14,16-17H,15H2;2*2H,1H2,(H,4,5);/q;;;+2/p-2. The Morgan fingerprint density at radius 2 is 1.05 bits per heavy atom. The molecule has 4 nitrogen and oxygen atoms in total. The summed E-state index contributed by atoms with van der Waals surface area (Å²) in [7, 11) is 0. The summed E-state index contributed by atoms with van der Waals surface area (Å²) in [4.78, 5) is 26.5. The second-order valence-corrected chi connectivity index (χ2v) is 14.6. The molecular weight excluding hydrogens is 508 g/mol. The van der Waals surface area contributed by atoms with E-state index in [4.69, 9.17) is 6.64 Å². The van der Waals surface area contributed by atoms with E-state index in [-0.39, 0.29) is 8.45 Å². The number of carbonyl (C=O) groups is 2. The molecule has 0 saturated carbocycles. The summed E-state index contributed by atoms with van der Waals surface area (Å²) >= 11 is -4.71. The molecule has 3 aliphatic rings. The van der Waals surface area contributed by atoms with Crippen LogP contribution in [0.1, 0.15) is 41.8 Å². The van der Waals surface area contributed by atoms with Crippen LogP contribution in [-0.4, -0.2) is 11.9 Å². The van der Waals surface area contributed by atoms with Gasteiger partial charge in [-0.1, -0.05) is 0 Å². The van der Waals surface area contributed by atoms with E-state index in [1.54, 1.807) is 0 Å². The summed E-state index contributed by atoms with van der Waals surface area (Å²) in [6.45, 7) is 7.40. The number of benzene rings is 4. The second kappa shape index (κ2) is 8.52. The molecule has 38 heavy (non-hydrogen) atoms. The zero-order valence-electron chi connectivity index (χ0n) is 20.6. The van der Waals surface area contributed by atoms with Crippen LogP contribution in [-0.2, 0) is 40.0 Å². The van der Waals surface area contributed by atoms with E-state index < -0.39 is 29.3 Å². The maximum absolute atomic E-state index is 13.2. The molecule has 0 bridgehead atoms. The molecule has 2 atom stereocenters. The molecule has 0 spiro atoms. The zero-order valence-corrected chi connectivity index (χ0v) is 22.2. The van der Waals surface area contributed by atoms with Crippen molar-refractivity contribution in [3.05, 3.63) is 144 Å².